The molecule has 0 fully saturated rings. The average Bonchev–Trinajstić information content (AvgIpc) is 3.36. The largest absolute Gasteiger partial charge is 0.494 e. The van der Waals surface area contributed by atoms with Crippen LogP contribution in [0.3, 0.4) is 0 Å². The van der Waals surface area contributed by atoms with Crippen LogP contribution in [0.5, 0.6) is 5.75 Å². The number of amides is 1. The lowest BCUT2D eigenvalue weighted by Gasteiger charge is -2.30. The molecule has 1 amide bonds. The van der Waals surface area contributed by atoms with Crippen molar-refractivity contribution in [3.05, 3.63) is 87.5 Å². The van der Waals surface area contributed by atoms with Crippen molar-refractivity contribution in [1.29, 1.82) is 0 Å². The topological polar surface area (TPSA) is 97.5 Å². The predicted molar refractivity (Wildman–Crippen MR) is 152 cm³/mol. The summed E-state index contributed by atoms with van der Waals surface area (Å²) in [5, 5.41) is 18.8. The molecular weight excluding hydrogens is 504 g/mol. The molecule has 0 aliphatic carbocycles. The van der Waals surface area contributed by atoms with Crippen LogP contribution >= 0.6 is 0 Å². The summed E-state index contributed by atoms with van der Waals surface area (Å²) < 4.78 is 7.93. The van der Waals surface area contributed by atoms with E-state index < -0.39 is 5.97 Å². The molecule has 0 spiro atoms. The maximum Gasteiger partial charge on any atom is 0.304 e. The van der Waals surface area contributed by atoms with E-state index in [4.69, 9.17) is 4.74 Å². The first-order chi connectivity index (χ1) is 19.4. The highest BCUT2D eigenvalue weighted by Gasteiger charge is 2.27. The minimum Gasteiger partial charge on any atom is -0.494 e. The van der Waals surface area contributed by atoms with Crippen molar-refractivity contribution < 1.29 is 19.4 Å². The van der Waals surface area contributed by atoms with Gasteiger partial charge >= 0.3 is 5.97 Å². The van der Waals surface area contributed by atoms with E-state index in [9.17, 15) is 14.7 Å². The second-order valence-electron chi connectivity index (χ2n) is 11.0. The normalized spacial score (nSPS) is 17.7. The molecule has 8 nitrogen and oxygen atoms in total. The summed E-state index contributed by atoms with van der Waals surface area (Å²) in [5.41, 5.74) is 8.47. The number of carbonyl (C=O) groups is 2. The zero-order valence-corrected chi connectivity index (χ0v) is 23.0. The summed E-state index contributed by atoms with van der Waals surface area (Å²) in [7, 11) is 0. The Labute approximate surface area is 233 Å². The van der Waals surface area contributed by atoms with Crippen LogP contribution in [-0.2, 0) is 24.3 Å². The van der Waals surface area contributed by atoms with Gasteiger partial charge in [0.05, 0.1) is 18.5 Å². The van der Waals surface area contributed by atoms with E-state index in [0.717, 1.165) is 76.8 Å². The first kappa shape index (κ1) is 26.0. The Morgan fingerprint density at radius 3 is 2.73 bits per heavy atom. The number of hydrogen-bond acceptors (Lipinski definition) is 5. The molecule has 0 saturated heterocycles. The molecule has 8 heteroatoms. The third kappa shape index (κ3) is 4.94. The first-order valence-corrected chi connectivity index (χ1v) is 14.1. The van der Waals surface area contributed by atoms with Gasteiger partial charge in [0.15, 0.2) is 0 Å². The molecule has 9 bridgehead atoms. The fourth-order valence-corrected chi connectivity index (χ4v) is 6.14. The van der Waals surface area contributed by atoms with Crippen molar-refractivity contribution in [3.8, 4) is 5.75 Å². The maximum absolute atomic E-state index is 13.6. The van der Waals surface area contributed by atoms with Crippen LogP contribution in [0.25, 0.3) is 11.0 Å². The SMILES string of the molecule is Cc1cc2ccc1C(=O)N1CCc3ccc(cc3C1)C(CC(=O)O)c1ccc3c(nnn3CCCCCO2)c1C. The number of carbonyl (C=O) groups excluding carboxylic acids is 1. The van der Waals surface area contributed by atoms with Gasteiger partial charge in [0.25, 0.3) is 5.91 Å². The molecule has 1 unspecified atom stereocenters. The van der Waals surface area contributed by atoms with Crippen LogP contribution in [-0.4, -0.2) is 50.0 Å². The van der Waals surface area contributed by atoms with Gasteiger partial charge in [-0.25, -0.2) is 4.68 Å². The van der Waals surface area contributed by atoms with Gasteiger partial charge in [-0.15, -0.1) is 5.10 Å². The zero-order valence-electron chi connectivity index (χ0n) is 23.0. The van der Waals surface area contributed by atoms with Gasteiger partial charge in [-0.1, -0.05) is 29.5 Å². The Balaban J connectivity index is 1.42. The number of ether oxygens (including phenoxy) is 1. The van der Waals surface area contributed by atoms with E-state index in [-0.39, 0.29) is 18.2 Å². The third-order valence-electron chi connectivity index (χ3n) is 8.38. The molecular formula is C32H34N4O4. The molecule has 40 heavy (non-hydrogen) atoms. The molecule has 1 aromatic heterocycles. The minimum absolute atomic E-state index is 0.00807. The molecule has 206 valence electrons. The summed E-state index contributed by atoms with van der Waals surface area (Å²) >= 11 is 0. The highest BCUT2D eigenvalue weighted by Crippen LogP contribution is 2.35. The second-order valence-corrected chi connectivity index (χ2v) is 11.0. The monoisotopic (exact) mass is 538 g/mol. The quantitative estimate of drug-likeness (QED) is 0.366. The molecule has 0 saturated carbocycles. The van der Waals surface area contributed by atoms with Gasteiger partial charge in [-0.3, -0.25) is 9.59 Å². The van der Waals surface area contributed by atoms with Crippen LogP contribution in [0.1, 0.15) is 75.3 Å². The lowest BCUT2D eigenvalue weighted by Crippen LogP contribution is -2.36. The van der Waals surface area contributed by atoms with Crippen LogP contribution in [0.15, 0.2) is 48.5 Å². The lowest BCUT2D eigenvalue weighted by molar-refractivity contribution is -0.137. The van der Waals surface area contributed by atoms with Gasteiger partial charge in [-0.2, -0.15) is 0 Å². The van der Waals surface area contributed by atoms with E-state index in [1.807, 2.05) is 59.8 Å². The summed E-state index contributed by atoms with van der Waals surface area (Å²) in [4.78, 5) is 27.5. The van der Waals surface area contributed by atoms with Gasteiger partial charge in [0, 0.05) is 31.1 Å². The standard InChI is InChI=1S/C32H34N4O4/c1-20-16-25-8-9-26(20)32(39)35-14-12-22-6-7-23(17-24(22)19-35)28(18-30(37)38)27-10-11-29-31(21(27)2)33-34-36(29)13-4-3-5-15-40-25/h6-11,16-17,28H,3-5,12-15,18-19H2,1-2H3,(H,37,38). The van der Waals surface area contributed by atoms with Crippen molar-refractivity contribution in [3.63, 3.8) is 0 Å². The third-order valence-corrected chi connectivity index (χ3v) is 8.38. The molecule has 5 aliphatic heterocycles. The molecule has 0 radical (unpaired) electrons. The molecule has 5 aliphatic rings. The Morgan fingerprint density at radius 1 is 1.02 bits per heavy atom. The van der Waals surface area contributed by atoms with Gasteiger partial charge in [0.2, 0.25) is 0 Å². The molecule has 4 aromatic rings. The number of carboxylic acid groups (broad SMARTS) is 1. The molecule has 1 atom stereocenters. The van der Waals surface area contributed by atoms with Crippen molar-refractivity contribution in [1.82, 2.24) is 19.9 Å². The maximum atomic E-state index is 13.6. The fourth-order valence-electron chi connectivity index (χ4n) is 6.14. The van der Waals surface area contributed by atoms with Crippen molar-refractivity contribution in [2.24, 2.45) is 0 Å². The average molecular weight is 539 g/mol. The van der Waals surface area contributed by atoms with Crippen molar-refractivity contribution >= 4 is 22.9 Å². The lowest BCUT2D eigenvalue weighted by atomic mass is 9.83. The Kier molecular flexibility index (Phi) is 7.00. The summed E-state index contributed by atoms with van der Waals surface area (Å²) in [5.74, 6) is -0.403. The molecule has 9 rings (SSSR count). The second kappa shape index (κ2) is 10.8. The van der Waals surface area contributed by atoms with Gasteiger partial charge < -0.3 is 14.7 Å². The van der Waals surface area contributed by atoms with E-state index in [0.29, 0.717) is 25.3 Å². The van der Waals surface area contributed by atoms with Crippen LogP contribution in [0, 0.1) is 13.8 Å². The van der Waals surface area contributed by atoms with Crippen LogP contribution in [0.2, 0.25) is 0 Å². The number of hydrogen-bond donors (Lipinski definition) is 1. The number of aryl methyl sites for hydroxylation is 3. The van der Waals surface area contributed by atoms with E-state index in [2.05, 4.69) is 22.4 Å². The molecule has 3 aromatic carbocycles. The summed E-state index contributed by atoms with van der Waals surface area (Å²) in [6.07, 6.45) is 3.58. The van der Waals surface area contributed by atoms with Crippen molar-refractivity contribution in [2.75, 3.05) is 13.2 Å². The highest BCUT2D eigenvalue weighted by atomic mass is 16.5. The summed E-state index contributed by atoms with van der Waals surface area (Å²) in [6, 6.07) is 16.0. The number of aromatic nitrogens is 3. The number of aliphatic carboxylic acids is 1. The Hall–Kier alpha value is -4.20. The number of rotatable bonds is 2. The van der Waals surface area contributed by atoms with E-state index in [1.165, 1.54) is 5.56 Å². The van der Waals surface area contributed by atoms with E-state index >= 15 is 0 Å². The van der Waals surface area contributed by atoms with Crippen LogP contribution in [0.4, 0.5) is 0 Å². The van der Waals surface area contributed by atoms with Crippen LogP contribution < -0.4 is 4.74 Å². The molecule has 1 N–H and O–H groups in total. The first-order valence-electron chi connectivity index (χ1n) is 14.1. The number of carboxylic acids is 1. The number of nitrogens with zero attached hydrogens (tertiary/aromatic N) is 4. The summed E-state index contributed by atoms with van der Waals surface area (Å²) in [6.45, 7) is 6.47. The minimum atomic E-state index is -0.855. The Bertz CT molecular complexity index is 1610. The van der Waals surface area contributed by atoms with E-state index in [1.54, 1.807) is 0 Å². The highest BCUT2D eigenvalue weighted by molar-refractivity contribution is 5.96. The zero-order chi connectivity index (χ0) is 27.8. The fraction of sp³-hybridized carbons (Fsp3) is 0.375. The molecule has 6 heterocycles. The van der Waals surface area contributed by atoms with Crippen molar-refractivity contribution in [2.45, 2.75) is 65.0 Å². The predicted octanol–water partition coefficient (Wildman–Crippen LogP) is 5.42. The van der Waals surface area contributed by atoms with Gasteiger partial charge in [0.1, 0.15) is 11.3 Å². The number of benzene rings is 3. The van der Waals surface area contributed by atoms with Gasteiger partial charge in [-0.05, 0) is 97.2 Å². The smallest absolute Gasteiger partial charge is 0.304 e. The Morgan fingerprint density at radius 2 is 1.90 bits per heavy atom.